The molecular formula is C15H16N6. The second kappa shape index (κ2) is 6.23. The Kier molecular flexibility index (Phi) is 3.97. The van der Waals surface area contributed by atoms with E-state index in [1.807, 2.05) is 42.6 Å². The van der Waals surface area contributed by atoms with Crippen molar-refractivity contribution in [3.05, 3.63) is 54.4 Å². The molecule has 0 amide bonds. The van der Waals surface area contributed by atoms with E-state index in [4.69, 9.17) is 0 Å². The van der Waals surface area contributed by atoms with Gasteiger partial charge in [0, 0.05) is 18.3 Å². The van der Waals surface area contributed by atoms with Crippen LogP contribution in [0, 0.1) is 0 Å². The van der Waals surface area contributed by atoms with Crippen LogP contribution in [0.5, 0.6) is 0 Å². The summed E-state index contributed by atoms with van der Waals surface area (Å²) in [5.41, 5.74) is 2.84. The maximum absolute atomic E-state index is 4.41. The zero-order chi connectivity index (χ0) is 14.5. The van der Waals surface area contributed by atoms with Crippen LogP contribution in [-0.4, -0.2) is 31.7 Å². The number of hydrogen-bond donors (Lipinski definition) is 1. The second-order valence-corrected chi connectivity index (χ2v) is 4.60. The van der Waals surface area contributed by atoms with Crippen molar-refractivity contribution in [1.82, 2.24) is 30.5 Å². The minimum Gasteiger partial charge on any atom is -0.313 e. The predicted octanol–water partition coefficient (Wildman–Crippen LogP) is 1.83. The van der Waals surface area contributed by atoms with E-state index in [1.54, 1.807) is 6.20 Å². The van der Waals surface area contributed by atoms with E-state index in [2.05, 4.69) is 32.6 Å². The molecule has 0 saturated heterocycles. The van der Waals surface area contributed by atoms with Gasteiger partial charge in [0.25, 0.3) is 0 Å². The Labute approximate surface area is 122 Å². The molecule has 2 heterocycles. The molecule has 0 radical (unpaired) electrons. The molecule has 21 heavy (non-hydrogen) atoms. The lowest BCUT2D eigenvalue weighted by Crippen LogP contribution is -2.12. The van der Waals surface area contributed by atoms with Crippen molar-refractivity contribution >= 4 is 0 Å². The summed E-state index contributed by atoms with van der Waals surface area (Å²) in [5.74, 6) is 0.604. The molecular weight excluding hydrogens is 264 g/mol. The van der Waals surface area contributed by atoms with Crippen molar-refractivity contribution < 1.29 is 0 Å². The monoisotopic (exact) mass is 280 g/mol. The zero-order valence-electron chi connectivity index (χ0n) is 11.8. The van der Waals surface area contributed by atoms with Gasteiger partial charge in [0.05, 0.1) is 6.20 Å². The number of tetrazole rings is 1. The third-order valence-corrected chi connectivity index (χ3v) is 3.04. The topological polar surface area (TPSA) is 68.5 Å². The zero-order valence-corrected chi connectivity index (χ0v) is 11.8. The summed E-state index contributed by atoms with van der Waals surface area (Å²) in [5, 5.41) is 15.9. The van der Waals surface area contributed by atoms with Gasteiger partial charge in [-0.3, -0.25) is 4.98 Å². The summed E-state index contributed by atoms with van der Waals surface area (Å²) in [6.07, 6.45) is 3.56. The number of benzene rings is 1. The van der Waals surface area contributed by atoms with Crippen molar-refractivity contribution in [2.45, 2.75) is 13.5 Å². The minimum atomic E-state index is 0.604. The first kappa shape index (κ1) is 13.4. The molecule has 2 aromatic heterocycles. The van der Waals surface area contributed by atoms with Crippen LogP contribution in [0.3, 0.4) is 0 Å². The minimum absolute atomic E-state index is 0.604. The third kappa shape index (κ3) is 3.11. The Morgan fingerprint density at radius 3 is 2.81 bits per heavy atom. The van der Waals surface area contributed by atoms with Crippen LogP contribution in [0.25, 0.3) is 17.1 Å². The largest absolute Gasteiger partial charge is 0.313 e. The Morgan fingerprint density at radius 1 is 1.14 bits per heavy atom. The highest BCUT2D eigenvalue weighted by atomic mass is 15.6. The second-order valence-electron chi connectivity index (χ2n) is 4.60. The summed E-state index contributed by atoms with van der Waals surface area (Å²) in [6, 6.07) is 11.8. The Morgan fingerprint density at radius 2 is 2.00 bits per heavy atom. The molecule has 6 heteroatoms. The van der Waals surface area contributed by atoms with Crippen molar-refractivity contribution in [1.29, 1.82) is 0 Å². The van der Waals surface area contributed by atoms with Gasteiger partial charge in [-0.1, -0.05) is 37.3 Å². The molecule has 0 saturated carbocycles. The molecule has 0 aliphatic rings. The van der Waals surface area contributed by atoms with Gasteiger partial charge >= 0.3 is 0 Å². The first-order valence-corrected chi connectivity index (χ1v) is 6.87. The molecule has 0 bridgehead atoms. The van der Waals surface area contributed by atoms with Gasteiger partial charge in [0.2, 0.25) is 5.82 Å². The lowest BCUT2D eigenvalue weighted by molar-refractivity contribution is 0.702. The van der Waals surface area contributed by atoms with Gasteiger partial charge in [-0.15, -0.1) is 15.0 Å². The Hall–Kier alpha value is -2.60. The van der Waals surface area contributed by atoms with E-state index in [1.165, 1.54) is 4.80 Å². The molecule has 106 valence electrons. The fraction of sp³-hybridized carbons (Fsp3) is 0.200. The van der Waals surface area contributed by atoms with Crippen LogP contribution in [0.2, 0.25) is 0 Å². The number of rotatable bonds is 5. The molecule has 0 aliphatic heterocycles. The average molecular weight is 280 g/mol. The van der Waals surface area contributed by atoms with E-state index in [-0.39, 0.29) is 0 Å². The first-order valence-electron chi connectivity index (χ1n) is 6.87. The lowest BCUT2D eigenvalue weighted by Gasteiger charge is -2.03. The Balaban J connectivity index is 1.86. The summed E-state index contributed by atoms with van der Waals surface area (Å²) >= 11 is 0. The van der Waals surface area contributed by atoms with Crippen molar-refractivity contribution in [2.75, 3.05) is 6.54 Å². The highest BCUT2D eigenvalue weighted by Gasteiger charge is 2.07. The molecule has 0 aliphatic carbocycles. The summed E-state index contributed by atoms with van der Waals surface area (Å²) in [7, 11) is 0. The highest BCUT2D eigenvalue weighted by molar-refractivity contribution is 5.53. The summed E-state index contributed by atoms with van der Waals surface area (Å²) in [6.45, 7) is 3.77. The van der Waals surface area contributed by atoms with Gasteiger partial charge in [0.15, 0.2) is 0 Å². The molecule has 0 fully saturated rings. The quantitative estimate of drug-likeness (QED) is 0.772. The maximum atomic E-state index is 4.41. The molecule has 3 aromatic rings. The van der Waals surface area contributed by atoms with Crippen LogP contribution in [-0.2, 0) is 6.54 Å². The highest BCUT2D eigenvalue weighted by Crippen LogP contribution is 2.14. The smallest absolute Gasteiger partial charge is 0.205 e. The first-order chi connectivity index (χ1) is 10.4. The number of hydrogen-bond acceptors (Lipinski definition) is 5. The van der Waals surface area contributed by atoms with Crippen molar-refractivity contribution in [3.8, 4) is 17.1 Å². The van der Waals surface area contributed by atoms with Crippen LogP contribution >= 0.6 is 0 Å². The third-order valence-electron chi connectivity index (χ3n) is 3.04. The van der Waals surface area contributed by atoms with Crippen molar-refractivity contribution in [2.24, 2.45) is 0 Å². The molecule has 0 spiro atoms. The van der Waals surface area contributed by atoms with E-state index in [9.17, 15) is 0 Å². The Bertz CT molecular complexity index is 707. The van der Waals surface area contributed by atoms with Gasteiger partial charge in [-0.25, -0.2) is 0 Å². The van der Waals surface area contributed by atoms with E-state index in [0.29, 0.717) is 5.82 Å². The van der Waals surface area contributed by atoms with Crippen LogP contribution < -0.4 is 5.32 Å². The lowest BCUT2D eigenvalue weighted by atomic mass is 10.2. The van der Waals surface area contributed by atoms with Crippen LogP contribution in [0.4, 0.5) is 0 Å². The molecule has 0 atom stereocenters. The molecule has 1 N–H and O–H groups in total. The fourth-order valence-electron chi connectivity index (χ4n) is 1.98. The van der Waals surface area contributed by atoms with E-state index < -0.39 is 0 Å². The standard InChI is InChI=1S/C15H16N6/c1-2-16-9-12-8-14(11-17-10-12)21-19-15(18-20-21)13-6-4-3-5-7-13/h3-8,10-11,16H,2,9H2,1H3. The summed E-state index contributed by atoms with van der Waals surface area (Å²) < 4.78 is 0. The summed E-state index contributed by atoms with van der Waals surface area (Å²) in [4.78, 5) is 5.73. The number of nitrogens with zero attached hydrogens (tertiary/aromatic N) is 5. The van der Waals surface area contributed by atoms with Gasteiger partial charge in [0.1, 0.15) is 5.69 Å². The van der Waals surface area contributed by atoms with Gasteiger partial charge in [-0.2, -0.15) is 0 Å². The molecule has 6 nitrogen and oxygen atoms in total. The number of aromatic nitrogens is 5. The van der Waals surface area contributed by atoms with Gasteiger partial charge < -0.3 is 5.32 Å². The van der Waals surface area contributed by atoms with Crippen LogP contribution in [0.1, 0.15) is 12.5 Å². The predicted molar refractivity (Wildman–Crippen MR) is 79.8 cm³/mol. The van der Waals surface area contributed by atoms with Gasteiger partial charge in [-0.05, 0) is 23.4 Å². The van der Waals surface area contributed by atoms with E-state index in [0.717, 1.165) is 29.9 Å². The molecule has 1 aromatic carbocycles. The maximum Gasteiger partial charge on any atom is 0.205 e. The average Bonchev–Trinajstić information content (AvgIpc) is 3.04. The fourth-order valence-corrected chi connectivity index (χ4v) is 1.98. The molecule has 0 unspecified atom stereocenters. The number of nitrogens with one attached hydrogen (secondary N) is 1. The SMILES string of the molecule is CCNCc1cncc(-n2nnc(-c3ccccc3)n2)c1. The van der Waals surface area contributed by atoms with Crippen molar-refractivity contribution in [3.63, 3.8) is 0 Å². The van der Waals surface area contributed by atoms with Crippen LogP contribution in [0.15, 0.2) is 48.8 Å². The normalized spacial score (nSPS) is 10.7. The molecule has 3 rings (SSSR count). The van der Waals surface area contributed by atoms with E-state index >= 15 is 0 Å². The number of pyridine rings is 1.